The van der Waals surface area contributed by atoms with Crippen LogP contribution in [0.2, 0.25) is 0 Å². The fourth-order valence-corrected chi connectivity index (χ4v) is 4.44. The Hall–Kier alpha value is -3.35. The van der Waals surface area contributed by atoms with E-state index >= 15 is 0 Å². The number of hydrogen-bond acceptors (Lipinski definition) is 4. The molecule has 7 nitrogen and oxygen atoms in total. The Labute approximate surface area is 201 Å². The Bertz CT molecular complexity index is 988. The predicted octanol–water partition coefficient (Wildman–Crippen LogP) is 4.65. The van der Waals surface area contributed by atoms with Crippen molar-refractivity contribution in [3.63, 3.8) is 0 Å². The average molecular weight is 467 g/mol. The van der Waals surface area contributed by atoms with Crippen LogP contribution in [0.5, 0.6) is 0 Å². The lowest BCUT2D eigenvalue weighted by Gasteiger charge is -2.29. The van der Waals surface area contributed by atoms with Crippen LogP contribution in [0.25, 0.3) is 11.1 Å². The Morgan fingerprint density at radius 3 is 2.03 bits per heavy atom. The molecule has 0 radical (unpaired) electrons. The molecule has 0 aromatic heterocycles. The summed E-state index contributed by atoms with van der Waals surface area (Å²) >= 11 is 0. The smallest absolute Gasteiger partial charge is 0.407 e. The van der Waals surface area contributed by atoms with Gasteiger partial charge >= 0.3 is 12.1 Å². The van der Waals surface area contributed by atoms with E-state index in [2.05, 4.69) is 29.6 Å². The molecule has 0 saturated carbocycles. The number of nitrogens with one attached hydrogen (secondary N) is 1. The van der Waals surface area contributed by atoms with Crippen LogP contribution in [0, 0.1) is 5.92 Å². The highest BCUT2D eigenvalue weighted by atomic mass is 16.5. The Morgan fingerprint density at radius 1 is 0.971 bits per heavy atom. The molecule has 2 amide bonds. The molecule has 2 aromatic carbocycles. The van der Waals surface area contributed by atoms with Gasteiger partial charge in [-0.25, -0.2) is 4.79 Å². The molecule has 0 bridgehead atoms. The first kappa shape index (κ1) is 25.3. The van der Waals surface area contributed by atoms with Crippen molar-refractivity contribution in [1.82, 2.24) is 10.2 Å². The zero-order valence-corrected chi connectivity index (χ0v) is 20.3. The van der Waals surface area contributed by atoms with E-state index in [0.29, 0.717) is 0 Å². The highest BCUT2D eigenvalue weighted by Gasteiger charge is 2.30. The topological polar surface area (TPSA) is 95.9 Å². The monoisotopic (exact) mass is 466 g/mol. The Morgan fingerprint density at radius 2 is 1.53 bits per heavy atom. The third-order valence-corrected chi connectivity index (χ3v) is 6.36. The fraction of sp³-hybridized carbons (Fsp3) is 0.444. The summed E-state index contributed by atoms with van der Waals surface area (Å²) in [5.74, 6) is -1.17. The number of benzene rings is 2. The third kappa shape index (κ3) is 5.95. The standard InChI is InChI=1S/C27H34N2O5/c1-17(2)24(15-25(30)29(18(3)4)14-13-26(31)32)28-27(33)34-16-23-21-11-7-5-9-19(21)20-10-6-8-12-22(20)23/h5-12,17-18,23-24H,13-16H2,1-4H3,(H,28,33)(H,31,32)/t24-/m1/s1. The third-order valence-electron chi connectivity index (χ3n) is 6.36. The van der Waals surface area contributed by atoms with Gasteiger partial charge in [-0.3, -0.25) is 9.59 Å². The number of aliphatic carboxylic acids is 1. The second-order valence-electron chi connectivity index (χ2n) is 9.35. The Balaban J connectivity index is 1.62. The maximum atomic E-state index is 12.9. The molecule has 182 valence electrons. The summed E-state index contributed by atoms with van der Waals surface area (Å²) in [6.07, 6.45) is -0.592. The SMILES string of the molecule is CC(C)[C@@H](CC(=O)N(CCC(=O)O)C(C)C)NC(=O)OCC1c2ccccc2-c2ccccc21. The second-order valence-corrected chi connectivity index (χ2v) is 9.35. The summed E-state index contributed by atoms with van der Waals surface area (Å²) < 4.78 is 5.64. The van der Waals surface area contributed by atoms with Gasteiger partial charge in [0, 0.05) is 31.0 Å². The molecule has 2 aromatic rings. The number of amides is 2. The minimum Gasteiger partial charge on any atom is -0.481 e. The second kappa shape index (κ2) is 11.2. The van der Waals surface area contributed by atoms with Crippen molar-refractivity contribution in [2.75, 3.05) is 13.2 Å². The molecule has 0 spiro atoms. The normalized spacial score (nSPS) is 13.4. The number of carbonyl (C=O) groups is 3. The number of ether oxygens (including phenoxy) is 1. The molecule has 2 N–H and O–H groups in total. The lowest BCUT2D eigenvalue weighted by atomic mass is 9.98. The molecule has 1 aliphatic rings. The molecular weight excluding hydrogens is 432 g/mol. The summed E-state index contributed by atoms with van der Waals surface area (Å²) in [5.41, 5.74) is 4.59. The van der Waals surface area contributed by atoms with E-state index in [1.165, 1.54) is 0 Å². The van der Waals surface area contributed by atoms with E-state index in [9.17, 15) is 14.4 Å². The lowest BCUT2D eigenvalue weighted by molar-refractivity contribution is -0.139. The molecule has 34 heavy (non-hydrogen) atoms. The minimum atomic E-state index is -0.948. The molecule has 7 heteroatoms. The van der Waals surface area contributed by atoms with Crippen LogP contribution in [-0.2, 0) is 14.3 Å². The van der Waals surface area contributed by atoms with Crippen molar-refractivity contribution in [2.45, 2.75) is 58.5 Å². The van der Waals surface area contributed by atoms with Gasteiger partial charge in [-0.2, -0.15) is 0 Å². The first-order valence-corrected chi connectivity index (χ1v) is 11.8. The average Bonchev–Trinajstić information content (AvgIpc) is 3.10. The summed E-state index contributed by atoms with van der Waals surface area (Å²) in [7, 11) is 0. The molecule has 1 aliphatic carbocycles. The van der Waals surface area contributed by atoms with Crippen LogP contribution in [0.1, 0.15) is 57.6 Å². The summed E-state index contributed by atoms with van der Waals surface area (Å²) in [6.45, 7) is 7.90. The minimum absolute atomic E-state index is 0.00193. The van der Waals surface area contributed by atoms with Crippen LogP contribution in [-0.4, -0.2) is 53.2 Å². The van der Waals surface area contributed by atoms with Gasteiger partial charge in [0.2, 0.25) is 5.91 Å². The highest BCUT2D eigenvalue weighted by Crippen LogP contribution is 2.44. The molecule has 0 aliphatic heterocycles. The molecule has 0 saturated heterocycles. The molecule has 0 fully saturated rings. The Kier molecular flexibility index (Phi) is 8.31. The largest absolute Gasteiger partial charge is 0.481 e. The van der Waals surface area contributed by atoms with E-state index in [1.54, 1.807) is 4.90 Å². The number of hydrogen-bond donors (Lipinski definition) is 2. The number of fused-ring (bicyclic) bond motifs is 3. The lowest BCUT2D eigenvalue weighted by Crippen LogP contribution is -2.46. The van der Waals surface area contributed by atoms with Gasteiger partial charge in [-0.05, 0) is 42.0 Å². The maximum absolute atomic E-state index is 12.9. The van der Waals surface area contributed by atoms with Gasteiger partial charge in [0.1, 0.15) is 6.61 Å². The van der Waals surface area contributed by atoms with E-state index in [0.717, 1.165) is 22.3 Å². The number of alkyl carbamates (subject to hydrolysis) is 1. The van der Waals surface area contributed by atoms with Crippen molar-refractivity contribution in [3.05, 3.63) is 59.7 Å². The van der Waals surface area contributed by atoms with Crippen LogP contribution < -0.4 is 5.32 Å². The number of nitrogens with zero attached hydrogens (tertiary/aromatic N) is 1. The highest BCUT2D eigenvalue weighted by molar-refractivity contribution is 5.80. The van der Waals surface area contributed by atoms with Crippen LogP contribution in [0.15, 0.2) is 48.5 Å². The first-order chi connectivity index (χ1) is 16.2. The molecule has 1 atom stereocenters. The summed E-state index contributed by atoms with van der Waals surface area (Å²) in [5, 5.41) is 11.8. The quantitative estimate of drug-likeness (QED) is 0.531. The number of carboxylic acid groups (broad SMARTS) is 1. The predicted molar refractivity (Wildman–Crippen MR) is 131 cm³/mol. The molecular formula is C27H34N2O5. The van der Waals surface area contributed by atoms with E-state index in [-0.39, 0.29) is 49.8 Å². The number of carboxylic acids is 1. The summed E-state index contributed by atoms with van der Waals surface area (Å²) in [6, 6.07) is 15.7. The maximum Gasteiger partial charge on any atom is 0.407 e. The van der Waals surface area contributed by atoms with Crippen molar-refractivity contribution in [1.29, 1.82) is 0 Å². The van der Waals surface area contributed by atoms with Gasteiger partial charge in [0.25, 0.3) is 0 Å². The van der Waals surface area contributed by atoms with Crippen molar-refractivity contribution in [3.8, 4) is 11.1 Å². The van der Waals surface area contributed by atoms with E-state index in [4.69, 9.17) is 9.84 Å². The zero-order chi connectivity index (χ0) is 24.8. The van der Waals surface area contributed by atoms with Crippen LogP contribution in [0.4, 0.5) is 4.79 Å². The van der Waals surface area contributed by atoms with E-state index in [1.807, 2.05) is 52.0 Å². The molecule has 0 heterocycles. The van der Waals surface area contributed by atoms with Gasteiger partial charge in [0.05, 0.1) is 6.42 Å². The summed E-state index contributed by atoms with van der Waals surface area (Å²) in [4.78, 5) is 38.1. The molecule has 3 rings (SSSR count). The van der Waals surface area contributed by atoms with E-state index < -0.39 is 18.1 Å². The zero-order valence-electron chi connectivity index (χ0n) is 20.3. The van der Waals surface area contributed by atoms with Crippen molar-refractivity contribution in [2.24, 2.45) is 5.92 Å². The number of carbonyl (C=O) groups excluding carboxylic acids is 2. The van der Waals surface area contributed by atoms with Crippen LogP contribution in [0.3, 0.4) is 0 Å². The van der Waals surface area contributed by atoms with Crippen molar-refractivity contribution >= 4 is 18.0 Å². The van der Waals surface area contributed by atoms with Crippen LogP contribution >= 0.6 is 0 Å². The van der Waals surface area contributed by atoms with Gasteiger partial charge in [-0.15, -0.1) is 0 Å². The first-order valence-electron chi connectivity index (χ1n) is 11.8. The fourth-order valence-electron chi connectivity index (χ4n) is 4.44. The van der Waals surface area contributed by atoms with Gasteiger partial charge in [-0.1, -0.05) is 62.4 Å². The van der Waals surface area contributed by atoms with Gasteiger partial charge in [0.15, 0.2) is 0 Å². The number of rotatable bonds is 10. The van der Waals surface area contributed by atoms with Gasteiger partial charge < -0.3 is 20.1 Å². The van der Waals surface area contributed by atoms with Crippen molar-refractivity contribution < 1.29 is 24.2 Å². The molecule has 0 unspecified atom stereocenters.